The van der Waals surface area contributed by atoms with Crippen molar-refractivity contribution in [3.05, 3.63) is 24.3 Å². The van der Waals surface area contributed by atoms with Gasteiger partial charge in [0.05, 0.1) is 11.7 Å². The molecule has 1 aromatic rings. The van der Waals surface area contributed by atoms with Crippen LogP contribution in [0.2, 0.25) is 0 Å². The predicted molar refractivity (Wildman–Crippen MR) is 64.1 cm³/mol. The van der Waals surface area contributed by atoms with E-state index >= 15 is 0 Å². The van der Waals surface area contributed by atoms with Crippen LogP contribution in [0.15, 0.2) is 18.6 Å². The molecule has 90 valence electrons. The molecule has 1 aromatic heterocycles. The second kappa shape index (κ2) is 7.30. The molecule has 0 radical (unpaired) electrons. The molecule has 1 heterocycles. The lowest BCUT2D eigenvalue weighted by atomic mass is 9.95. The summed E-state index contributed by atoms with van der Waals surface area (Å²) in [6.07, 6.45) is 4.41. The largest absolute Gasteiger partial charge is 0.385 e. The van der Waals surface area contributed by atoms with Gasteiger partial charge in [0.25, 0.3) is 0 Å². The summed E-state index contributed by atoms with van der Waals surface area (Å²) in [5.74, 6) is 0.495. The minimum Gasteiger partial charge on any atom is -0.385 e. The number of aromatic nitrogens is 2. The van der Waals surface area contributed by atoms with Crippen LogP contribution in [0.4, 0.5) is 0 Å². The van der Waals surface area contributed by atoms with Gasteiger partial charge >= 0.3 is 0 Å². The summed E-state index contributed by atoms with van der Waals surface area (Å²) in [5, 5.41) is 3.46. The highest BCUT2D eigenvalue weighted by atomic mass is 16.5. The third-order valence-corrected chi connectivity index (χ3v) is 2.69. The van der Waals surface area contributed by atoms with E-state index in [2.05, 4.69) is 29.1 Å². The Labute approximate surface area is 97.5 Å². The first kappa shape index (κ1) is 13.1. The summed E-state index contributed by atoms with van der Waals surface area (Å²) >= 11 is 0. The average molecular weight is 223 g/mol. The summed E-state index contributed by atoms with van der Waals surface area (Å²) in [6.45, 7) is 6.05. The van der Waals surface area contributed by atoms with Crippen LogP contribution in [0.1, 0.15) is 32.0 Å². The number of nitrogens with one attached hydrogen (secondary N) is 1. The second-order valence-corrected chi connectivity index (χ2v) is 3.93. The molecule has 0 spiro atoms. The Bertz CT molecular complexity index is 279. The lowest BCUT2D eigenvalue weighted by Gasteiger charge is -2.23. The molecule has 2 atom stereocenters. The first-order valence-corrected chi connectivity index (χ1v) is 5.77. The quantitative estimate of drug-likeness (QED) is 0.765. The second-order valence-electron chi connectivity index (χ2n) is 3.93. The van der Waals surface area contributed by atoms with Crippen molar-refractivity contribution in [3.8, 4) is 0 Å². The maximum absolute atomic E-state index is 5.12. The van der Waals surface area contributed by atoms with Crippen molar-refractivity contribution in [2.45, 2.75) is 26.3 Å². The minimum absolute atomic E-state index is 0.281. The molecule has 0 aliphatic rings. The highest BCUT2D eigenvalue weighted by Crippen LogP contribution is 2.22. The van der Waals surface area contributed by atoms with Crippen LogP contribution in [0.3, 0.4) is 0 Å². The van der Waals surface area contributed by atoms with Crippen molar-refractivity contribution in [3.63, 3.8) is 0 Å². The standard InChI is InChI=1S/C12H21N3O/c1-4-14-12(10(2)6-8-16-3)11-5-7-13-9-15-11/h5,7,9-10,12,14H,4,6,8H2,1-3H3. The van der Waals surface area contributed by atoms with Gasteiger partial charge in [-0.3, -0.25) is 0 Å². The topological polar surface area (TPSA) is 47.0 Å². The fraction of sp³-hybridized carbons (Fsp3) is 0.667. The lowest BCUT2D eigenvalue weighted by Crippen LogP contribution is -2.28. The van der Waals surface area contributed by atoms with E-state index < -0.39 is 0 Å². The zero-order valence-electron chi connectivity index (χ0n) is 10.3. The Kier molecular flexibility index (Phi) is 5.96. The molecule has 0 aliphatic heterocycles. The minimum atomic E-state index is 0.281. The number of ether oxygens (including phenoxy) is 1. The molecule has 16 heavy (non-hydrogen) atoms. The summed E-state index contributed by atoms with van der Waals surface area (Å²) in [4.78, 5) is 8.26. The van der Waals surface area contributed by atoms with Gasteiger partial charge < -0.3 is 10.1 Å². The molecule has 2 unspecified atom stereocenters. The van der Waals surface area contributed by atoms with Crippen LogP contribution < -0.4 is 5.32 Å². The Hall–Kier alpha value is -1.00. The summed E-state index contributed by atoms with van der Waals surface area (Å²) in [7, 11) is 1.74. The van der Waals surface area contributed by atoms with Gasteiger partial charge in [0.15, 0.2) is 0 Å². The number of nitrogens with zero attached hydrogens (tertiary/aromatic N) is 2. The Morgan fingerprint density at radius 2 is 2.31 bits per heavy atom. The monoisotopic (exact) mass is 223 g/mol. The molecule has 1 rings (SSSR count). The molecule has 0 aromatic carbocycles. The fourth-order valence-electron chi connectivity index (χ4n) is 1.77. The molecule has 0 bridgehead atoms. The number of hydrogen-bond donors (Lipinski definition) is 1. The van der Waals surface area contributed by atoms with E-state index in [0.717, 1.165) is 25.3 Å². The van der Waals surface area contributed by atoms with E-state index in [-0.39, 0.29) is 6.04 Å². The lowest BCUT2D eigenvalue weighted by molar-refractivity contribution is 0.170. The van der Waals surface area contributed by atoms with E-state index in [1.54, 1.807) is 19.6 Å². The molecule has 4 heteroatoms. The van der Waals surface area contributed by atoms with Crippen molar-refractivity contribution in [2.75, 3.05) is 20.3 Å². The van der Waals surface area contributed by atoms with Crippen molar-refractivity contribution >= 4 is 0 Å². The molecular weight excluding hydrogens is 202 g/mol. The summed E-state index contributed by atoms with van der Waals surface area (Å²) in [5.41, 5.74) is 1.06. The Morgan fingerprint density at radius 3 is 2.88 bits per heavy atom. The van der Waals surface area contributed by atoms with Gasteiger partial charge in [0, 0.05) is 19.9 Å². The Morgan fingerprint density at radius 1 is 1.50 bits per heavy atom. The number of rotatable bonds is 7. The maximum Gasteiger partial charge on any atom is 0.115 e. The van der Waals surface area contributed by atoms with Crippen LogP contribution in [0, 0.1) is 5.92 Å². The molecule has 0 amide bonds. The molecule has 0 fully saturated rings. The zero-order valence-corrected chi connectivity index (χ0v) is 10.3. The van der Waals surface area contributed by atoms with Gasteiger partial charge in [-0.25, -0.2) is 9.97 Å². The SMILES string of the molecule is CCNC(c1ccncn1)C(C)CCOC. The molecule has 0 saturated heterocycles. The molecule has 0 aliphatic carbocycles. The van der Waals surface area contributed by atoms with Gasteiger partial charge in [-0.1, -0.05) is 13.8 Å². The first-order chi connectivity index (χ1) is 7.79. The first-order valence-electron chi connectivity index (χ1n) is 5.77. The van der Waals surface area contributed by atoms with Gasteiger partial charge in [-0.05, 0) is 24.9 Å². The number of hydrogen-bond acceptors (Lipinski definition) is 4. The van der Waals surface area contributed by atoms with Crippen molar-refractivity contribution in [2.24, 2.45) is 5.92 Å². The fourth-order valence-corrected chi connectivity index (χ4v) is 1.77. The van der Waals surface area contributed by atoms with Crippen LogP contribution >= 0.6 is 0 Å². The highest BCUT2D eigenvalue weighted by molar-refractivity contribution is 5.05. The van der Waals surface area contributed by atoms with Crippen LogP contribution in [-0.4, -0.2) is 30.2 Å². The van der Waals surface area contributed by atoms with Crippen molar-refractivity contribution in [1.29, 1.82) is 0 Å². The predicted octanol–water partition coefficient (Wildman–Crippen LogP) is 1.80. The Balaban J connectivity index is 2.66. The van der Waals surface area contributed by atoms with Gasteiger partial charge in [-0.2, -0.15) is 0 Å². The normalized spacial score (nSPS) is 14.7. The van der Waals surface area contributed by atoms with Crippen LogP contribution in [0.5, 0.6) is 0 Å². The van der Waals surface area contributed by atoms with Crippen LogP contribution in [-0.2, 0) is 4.74 Å². The molecule has 4 nitrogen and oxygen atoms in total. The van der Waals surface area contributed by atoms with Crippen molar-refractivity contribution in [1.82, 2.24) is 15.3 Å². The smallest absolute Gasteiger partial charge is 0.115 e. The molecular formula is C12H21N3O. The van der Waals surface area contributed by atoms with Crippen LogP contribution in [0.25, 0.3) is 0 Å². The average Bonchev–Trinajstić information content (AvgIpc) is 2.34. The third kappa shape index (κ3) is 3.87. The molecule has 0 saturated carbocycles. The van der Waals surface area contributed by atoms with E-state index in [1.807, 2.05) is 6.07 Å². The van der Waals surface area contributed by atoms with Gasteiger partial charge in [-0.15, -0.1) is 0 Å². The van der Waals surface area contributed by atoms with E-state index in [0.29, 0.717) is 5.92 Å². The molecule has 1 N–H and O–H groups in total. The maximum atomic E-state index is 5.12. The number of methoxy groups -OCH3 is 1. The van der Waals surface area contributed by atoms with Crippen molar-refractivity contribution < 1.29 is 4.74 Å². The third-order valence-electron chi connectivity index (χ3n) is 2.69. The van der Waals surface area contributed by atoms with E-state index in [1.165, 1.54) is 0 Å². The van der Waals surface area contributed by atoms with Gasteiger partial charge in [0.2, 0.25) is 0 Å². The van der Waals surface area contributed by atoms with E-state index in [4.69, 9.17) is 4.74 Å². The summed E-state index contributed by atoms with van der Waals surface area (Å²) < 4.78 is 5.12. The van der Waals surface area contributed by atoms with E-state index in [9.17, 15) is 0 Å². The zero-order chi connectivity index (χ0) is 11.8. The van der Waals surface area contributed by atoms with Gasteiger partial charge in [0.1, 0.15) is 6.33 Å². The highest BCUT2D eigenvalue weighted by Gasteiger charge is 2.18. The summed E-state index contributed by atoms with van der Waals surface area (Å²) in [6, 6.07) is 2.25.